The fourth-order valence-electron chi connectivity index (χ4n) is 1.36. The van der Waals surface area contributed by atoms with Gasteiger partial charge < -0.3 is 9.13 Å². The Bertz CT molecular complexity index is 460. The van der Waals surface area contributed by atoms with Crippen LogP contribution < -0.4 is 0 Å². The van der Waals surface area contributed by atoms with Crippen LogP contribution in [0.15, 0.2) is 18.7 Å². The summed E-state index contributed by atoms with van der Waals surface area (Å²) in [7, 11) is 2.02. The monoisotopic (exact) mass is 428 g/mol. The SMILES string of the molecule is Cn1ccnc1CCn1cnc(I)c1I. The Hall–Kier alpha value is -0.120. The van der Waals surface area contributed by atoms with Crippen molar-refractivity contribution in [3.63, 3.8) is 0 Å². The van der Waals surface area contributed by atoms with Gasteiger partial charge in [0.15, 0.2) is 0 Å². The van der Waals surface area contributed by atoms with Crippen LogP contribution in [-0.2, 0) is 20.0 Å². The molecule has 0 bridgehead atoms. The van der Waals surface area contributed by atoms with Crippen LogP contribution in [0, 0.1) is 7.40 Å². The molecule has 0 radical (unpaired) electrons. The van der Waals surface area contributed by atoms with Crippen LogP contribution in [0.5, 0.6) is 0 Å². The van der Waals surface area contributed by atoms with Gasteiger partial charge in [0.25, 0.3) is 0 Å². The summed E-state index contributed by atoms with van der Waals surface area (Å²) in [6, 6.07) is 0. The van der Waals surface area contributed by atoms with Gasteiger partial charge in [0, 0.05) is 32.4 Å². The highest BCUT2D eigenvalue weighted by molar-refractivity contribution is 14.1. The molecule has 2 heterocycles. The van der Waals surface area contributed by atoms with Gasteiger partial charge in [0.2, 0.25) is 0 Å². The molecule has 0 atom stereocenters. The zero-order chi connectivity index (χ0) is 10.8. The highest BCUT2D eigenvalue weighted by Gasteiger charge is 2.06. The number of hydrogen-bond acceptors (Lipinski definition) is 2. The van der Waals surface area contributed by atoms with Gasteiger partial charge in [0.1, 0.15) is 13.2 Å². The summed E-state index contributed by atoms with van der Waals surface area (Å²) >= 11 is 4.56. The van der Waals surface area contributed by atoms with Crippen molar-refractivity contribution in [2.24, 2.45) is 7.05 Å². The summed E-state index contributed by atoms with van der Waals surface area (Å²) in [4.78, 5) is 8.55. The Kier molecular flexibility index (Phi) is 3.65. The van der Waals surface area contributed by atoms with Crippen molar-refractivity contribution in [3.05, 3.63) is 31.9 Å². The molecule has 4 nitrogen and oxygen atoms in total. The molecule has 0 aliphatic rings. The Morgan fingerprint density at radius 1 is 1.33 bits per heavy atom. The third-order valence-electron chi connectivity index (χ3n) is 2.23. The lowest BCUT2D eigenvalue weighted by Crippen LogP contribution is -2.06. The molecule has 2 rings (SSSR count). The molecule has 0 N–H and O–H groups in total. The lowest BCUT2D eigenvalue weighted by atomic mass is 10.4. The summed E-state index contributed by atoms with van der Waals surface area (Å²) < 4.78 is 6.46. The van der Waals surface area contributed by atoms with E-state index in [0.29, 0.717) is 0 Å². The van der Waals surface area contributed by atoms with E-state index in [1.165, 1.54) is 3.70 Å². The number of aromatic nitrogens is 4. The van der Waals surface area contributed by atoms with Gasteiger partial charge in [-0.25, -0.2) is 9.97 Å². The molecule has 80 valence electrons. The molecule has 0 saturated carbocycles. The van der Waals surface area contributed by atoms with Crippen LogP contribution in [0.1, 0.15) is 5.82 Å². The number of hydrogen-bond donors (Lipinski definition) is 0. The standard InChI is InChI=1S/C9H10I2N4/c1-14-5-3-12-7(14)2-4-15-6-13-8(10)9(15)11/h3,5-6H,2,4H2,1H3. The van der Waals surface area contributed by atoms with Crippen molar-refractivity contribution < 1.29 is 0 Å². The quantitative estimate of drug-likeness (QED) is 0.703. The molecule has 0 aromatic carbocycles. The van der Waals surface area contributed by atoms with Gasteiger partial charge in [-0.15, -0.1) is 0 Å². The van der Waals surface area contributed by atoms with Gasteiger partial charge in [-0.3, -0.25) is 0 Å². The van der Waals surface area contributed by atoms with Crippen LogP contribution in [0.2, 0.25) is 0 Å². The van der Waals surface area contributed by atoms with E-state index in [2.05, 4.69) is 64.3 Å². The van der Waals surface area contributed by atoms with Gasteiger partial charge >= 0.3 is 0 Å². The summed E-state index contributed by atoms with van der Waals surface area (Å²) in [5, 5.41) is 0. The Labute approximate surface area is 115 Å². The van der Waals surface area contributed by atoms with Crippen molar-refractivity contribution in [3.8, 4) is 0 Å². The molecular weight excluding hydrogens is 418 g/mol. The summed E-state index contributed by atoms with van der Waals surface area (Å²) in [5.74, 6) is 1.11. The second kappa shape index (κ2) is 4.81. The molecule has 0 amide bonds. The Morgan fingerprint density at radius 3 is 2.67 bits per heavy atom. The maximum absolute atomic E-state index is 4.29. The highest BCUT2D eigenvalue weighted by atomic mass is 127. The number of halogens is 2. The smallest absolute Gasteiger partial charge is 0.132 e. The summed E-state index contributed by atoms with van der Waals surface area (Å²) in [5.41, 5.74) is 0. The number of nitrogens with zero attached hydrogens (tertiary/aromatic N) is 4. The molecule has 2 aromatic heterocycles. The van der Waals surface area contributed by atoms with E-state index in [0.717, 1.165) is 22.5 Å². The van der Waals surface area contributed by atoms with Gasteiger partial charge in [-0.05, 0) is 45.2 Å². The predicted octanol–water partition coefficient (Wildman–Crippen LogP) is 2.07. The van der Waals surface area contributed by atoms with E-state index in [4.69, 9.17) is 0 Å². The summed E-state index contributed by atoms with van der Waals surface area (Å²) in [6.07, 6.45) is 6.62. The maximum Gasteiger partial charge on any atom is 0.132 e. The second-order valence-electron chi connectivity index (χ2n) is 3.22. The molecule has 0 aliphatic heterocycles. The van der Waals surface area contributed by atoms with Crippen molar-refractivity contribution in [1.29, 1.82) is 0 Å². The zero-order valence-electron chi connectivity index (χ0n) is 8.19. The molecule has 0 spiro atoms. The number of imidazole rings is 2. The molecule has 0 aliphatic carbocycles. The molecular formula is C9H10I2N4. The van der Waals surface area contributed by atoms with E-state index in [1.807, 2.05) is 25.8 Å². The third kappa shape index (κ3) is 2.52. The minimum Gasteiger partial charge on any atom is -0.338 e. The molecule has 2 aromatic rings. The third-order valence-corrected chi connectivity index (χ3v) is 5.18. The lowest BCUT2D eigenvalue weighted by Gasteiger charge is -2.04. The van der Waals surface area contributed by atoms with E-state index in [9.17, 15) is 0 Å². The van der Waals surface area contributed by atoms with Crippen molar-refractivity contribution in [2.45, 2.75) is 13.0 Å². The zero-order valence-corrected chi connectivity index (χ0v) is 12.5. The number of aryl methyl sites for hydroxylation is 3. The van der Waals surface area contributed by atoms with Crippen molar-refractivity contribution >= 4 is 45.2 Å². The maximum atomic E-state index is 4.29. The molecule has 6 heteroatoms. The van der Waals surface area contributed by atoms with Crippen LogP contribution in [0.3, 0.4) is 0 Å². The molecule has 0 fully saturated rings. The van der Waals surface area contributed by atoms with E-state index in [-0.39, 0.29) is 0 Å². The minimum atomic E-state index is 0.930. The normalized spacial score (nSPS) is 10.9. The largest absolute Gasteiger partial charge is 0.338 e. The second-order valence-corrected chi connectivity index (χ2v) is 5.27. The highest BCUT2D eigenvalue weighted by Crippen LogP contribution is 2.13. The van der Waals surface area contributed by atoms with Gasteiger partial charge in [-0.1, -0.05) is 0 Å². The Morgan fingerprint density at radius 2 is 2.13 bits per heavy atom. The van der Waals surface area contributed by atoms with E-state index < -0.39 is 0 Å². The van der Waals surface area contributed by atoms with Crippen LogP contribution in [-0.4, -0.2) is 19.1 Å². The van der Waals surface area contributed by atoms with Crippen LogP contribution >= 0.6 is 45.2 Å². The lowest BCUT2D eigenvalue weighted by molar-refractivity contribution is 0.640. The number of rotatable bonds is 3. The topological polar surface area (TPSA) is 35.6 Å². The van der Waals surface area contributed by atoms with Gasteiger partial charge in [-0.2, -0.15) is 0 Å². The fraction of sp³-hybridized carbons (Fsp3) is 0.333. The first-order valence-corrected chi connectivity index (χ1v) is 6.66. The first-order valence-electron chi connectivity index (χ1n) is 4.51. The molecule has 0 unspecified atom stereocenters. The predicted molar refractivity (Wildman–Crippen MR) is 74.6 cm³/mol. The molecule has 0 saturated heterocycles. The van der Waals surface area contributed by atoms with Crippen molar-refractivity contribution in [1.82, 2.24) is 19.1 Å². The Balaban J connectivity index is 2.05. The fourth-order valence-corrected chi connectivity index (χ4v) is 2.30. The average Bonchev–Trinajstić information content (AvgIpc) is 2.74. The van der Waals surface area contributed by atoms with Crippen molar-refractivity contribution in [2.75, 3.05) is 0 Å². The first kappa shape index (κ1) is 11.4. The van der Waals surface area contributed by atoms with E-state index in [1.54, 1.807) is 0 Å². The minimum absolute atomic E-state index is 0.930. The summed E-state index contributed by atoms with van der Waals surface area (Å²) in [6.45, 7) is 0.930. The molecule has 15 heavy (non-hydrogen) atoms. The van der Waals surface area contributed by atoms with E-state index >= 15 is 0 Å². The average molecular weight is 428 g/mol. The first-order chi connectivity index (χ1) is 7.18. The van der Waals surface area contributed by atoms with Crippen LogP contribution in [0.4, 0.5) is 0 Å². The van der Waals surface area contributed by atoms with Crippen LogP contribution in [0.25, 0.3) is 0 Å². The van der Waals surface area contributed by atoms with Gasteiger partial charge in [0.05, 0.1) is 6.33 Å².